The molecule has 96 valence electrons. The number of rotatable bonds is 4. The topological polar surface area (TPSA) is 46.6 Å². The number of carbonyl (C=O) groups is 2. The minimum Gasteiger partial charge on any atom is -0.484 e. The summed E-state index contributed by atoms with van der Waals surface area (Å²) in [5.74, 6) is 0.487. The van der Waals surface area contributed by atoms with E-state index in [1.54, 1.807) is 23.1 Å². The summed E-state index contributed by atoms with van der Waals surface area (Å²) >= 11 is 5.87. The largest absolute Gasteiger partial charge is 0.484 e. The van der Waals surface area contributed by atoms with Crippen molar-refractivity contribution in [1.29, 1.82) is 0 Å². The molecule has 1 aliphatic rings. The van der Waals surface area contributed by atoms with Crippen LogP contribution in [-0.4, -0.2) is 36.8 Å². The van der Waals surface area contributed by atoms with E-state index in [0.29, 0.717) is 22.6 Å². The Kier molecular flexibility index (Phi) is 4.20. The summed E-state index contributed by atoms with van der Waals surface area (Å²) in [4.78, 5) is 24.1. The normalized spacial score (nSPS) is 14.6. The Labute approximate surface area is 110 Å². The average molecular weight is 268 g/mol. The second kappa shape index (κ2) is 5.87. The third-order valence-corrected chi connectivity index (χ3v) is 3.25. The maximum atomic E-state index is 11.7. The maximum Gasteiger partial charge on any atom is 0.260 e. The lowest BCUT2D eigenvalue weighted by molar-refractivity contribution is -0.132. The first-order valence-corrected chi connectivity index (χ1v) is 6.24. The fourth-order valence-electron chi connectivity index (χ4n) is 1.90. The highest BCUT2D eigenvalue weighted by Crippen LogP contribution is 2.21. The standard InChI is InChI=1S/C13H14ClNO3/c14-12-7-11(4-3-10(12)8-16)18-9-13(17)15-5-1-2-6-15/h3-4,7-8H,1-2,5-6,9H2. The molecule has 5 heteroatoms. The molecule has 18 heavy (non-hydrogen) atoms. The lowest BCUT2D eigenvalue weighted by Crippen LogP contribution is -2.32. The molecule has 1 heterocycles. The van der Waals surface area contributed by atoms with E-state index in [1.807, 2.05) is 0 Å². The third kappa shape index (κ3) is 3.01. The molecule has 0 bridgehead atoms. The third-order valence-electron chi connectivity index (χ3n) is 2.92. The smallest absolute Gasteiger partial charge is 0.260 e. The molecule has 1 aliphatic heterocycles. The highest BCUT2D eigenvalue weighted by Gasteiger charge is 2.18. The fraction of sp³-hybridized carbons (Fsp3) is 0.385. The number of hydrogen-bond donors (Lipinski definition) is 0. The van der Waals surface area contributed by atoms with Crippen LogP contribution in [-0.2, 0) is 4.79 Å². The zero-order chi connectivity index (χ0) is 13.0. The van der Waals surface area contributed by atoms with Crippen molar-refractivity contribution in [3.8, 4) is 5.75 Å². The number of likely N-dealkylation sites (tertiary alicyclic amines) is 1. The molecule has 0 atom stereocenters. The van der Waals surface area contributed by atoms with Gasteiger partial charge in [-0.05, 0) is 31.0 Å². The lowest BCUT2D eigenvalue weighted by atomic mass is 10.2. The second-order valence-corrected chi connectivity index (χ2v) is 4.58. The maximum absolute atomic E-state index is 11.7. The first-order valence-electron chi connectivity index (χ1n) is 5.86. The Hall–Kier alpha value is -1.55. The van der Waals surface area contributed by atoms with Crippen molar-refractivity contribution in [3.63, 3.8) is 0 Å². The zero-order valence-electron chi connectivity index (χ0n) is 9.89. The van der Waals surface area contributed by atoms with Gasteiger partial charge in [-0.2, -0.15) is 0 Å². The molecular weight excluding hydrogens is 254 g/mol. The van der Waals surface area contributed by atoms with Crippen molar-refractivity contribution in [2.45, 2.75) is 12.8 Å². The van der Waals surface area contributed by atoms with Gasteiger partial charge < -0.3 is 9.64 Å². The molecule has 0 aliphatic carbocycles. The van der Waals surface area contributed by atoms with Gasteiger partial charge in [0, 0.05) is 18.7 Å². The van der Waals surface area contributed by atoms with Gasteiger partial charge in [0.15, 0.2) is 12.9 Å². The van der Waals surface area contributed by atoms with Crippen LogP contribution in [0.1, 0.15) is 23.2 Å². The van der Waals surface area contributed by atoms with E-state index in [1.165, 1.54) is 0 Å². The van der Waals surface area contributed by atoms with E-state index in [9.17, 15) is 9.59 Å². The van der Waals surface area contributed by atoms with Crippen LogP contribution < -0.4 is 4.74 Å². The van der Waals surface area contributed by atoms with Crippen molar-refractivity contribution in [2.24, 2.45) is 0 Å². The Balaban J connectivity index is 1.91. The van der Waals surface area contributed by atoms with Crippen molar-refractivity contribution < 1.29 is 14.3 Å². The molecule has 1 aromatic carbocycles. The number of halogens is 1. The number of amides is 1. The quantitative estimate of drug-likeness (QED) is 0.786. The van der Waals surface area contributed by atoms with E-state index < -0.39 is 0 Å². The predicted molar refractivity (Wildman–Crippen MR) is 68.1 cm³/mol. The van der Waals surface area contributed by atoms with Crippen molar-refractivity contribution in [1.82, 2.24) is 4.90 Å². The molecule has 1 aromatic rings. The summed E-state index contributed by atoms with van der Waals surface area (Å²) in [5.41, 5.74) is 0.412. The van der Waals surface area contributed by atoms with Crippen LogP contribution in [0.3, 0.4) is 0 Å². The molecule has 0 radical (unpaired) electrons. The monoisotopic (exact) mass is 267 g/mol. The molecular formula is C13H14ClNO3. The van der Waals surface area contributed by atoms with Gasteiger partial charge >= 0.3 is 0 Å². The molecule has 4 nitrogen and oxygen atoms in total. The summed E-state index contributed by atoms with van der Waals surface area (Å²) in [6.07, 6.45) is 2.80. The minimum atomic E-state index is -0.0110. The number of ether oxygens (including phenoxy) is 1. The Morgan fingerprint density at radius 1 is 1.39 bits per heavy atom. The second-order valence-electron chi connectivity index (χ2n) is 4.18. The van der Waals surface area contributed by atoms with E-state index in [0.717, 1.165) is 25.9 Å². The lowest BCUT2D eigenvalue weighted by Gasteiger charge is -2.15. The van der Waals surface area contributed by atoms with Gasteiger partial charge in [0.05, 0.1) is 5.02 Å². The van der Waals surface area contributed by atoms with Gasteiger partial charge in [-0.3, -0.25) is 9.59 Å². The van der Waals surface area contributed by atoms with Gasteiger partial charge in [0.2, 0.25) is 0 Å². The van der Waals surface area contributed by atoms with Crippen LogP contribution in [0.4, 0.5) is 0 Å². The summed E-state index contributed by atoms with van der Waals surface area (Å²) in [6.45, 7) is 1.64. The SMILES string of the molecule is O=Cc1ccc(OCC(=O)N2CCCC2)cc1Cl. The summed E-state index contributed by atoms with van der Waals surface area (Å²) < 4.78 is 5.37. The molecule has 1 fully saturated rings. The van der Waals surface area contributed by atoms with Gasteiger partial charge in [-0.25, -0.2) is 0 Å². The van der Waals surface area contributed by atoms with Crippen LogP contribution in [0.15, 0.2) is 18.2 Å². The first kappa shape index (κ1) is 12.9. The molecule has 2 rings (SSSR count). The van der Waals surface area contributed by atoms with Crippen molar-refractivity contribution in [3.05, 3.63) is 28.8 Å². The molecule has 0 spiro atoms. The number of hydrogen-bond acceptors (Lipinski definition) is 3. The van der Waals surface area contributed by atoms with E-state index in [-0.39, 0.29) is 12.5 Å². The van der Waals surface area contributed by atoms with Gasteiger partial charge in [-0.1, -0.05) is 11.6 Å². The number of carbonyl (C=O) groups excluding carboxylic acids is 2. The predicted octanol–water partition coefficient (Wildman–Crippen LogP) is 2.15. The highest BCUT2D eigenvalue weighted by atomic mass is 35.5. The zero-order valence-corrected chi connectivity index (χ0v) is 10.7. The Bertz CT molecular complexity index is 456. The van der Waals surface area contributed by atoms with Gasteiger partial charge in [-0.15, -0.1) is 0 Å². The first-order chi connectivity index (χ1) is 8.70. The van der Waals surface area contributed by atoms with Crippen molar-refractivity contribution in [2.75, 3.05) is 19.7 Å². The van der Waals surface area contributed by atoms with Crippen LogP contribution >= 0.6 is 11.6 Å². The van der Waals surface area contributed by atoms with Crippen LogP contribution in [0.25, 0.3) is 0 Å². The van der Waals surface area contributed by atoms with E-state index in [2.05, 4.69) is 0 Å². The molecule has 0 saturated carbocycles. The summed E-state index contributed by atoms with van der Waals surface area (Å²) in [5, 5.41) is 0.330. The fourth-order valence-corrected chi connectivity index (χ4v) is 2.11. The molecule has 1 amide bonds. The van der Waals surface area contributed by atoms with Crippen molar-refractivity contribution >= 4 is 23.8 Å². The molecule has 0 unspecified atom stereocenters. The van der Waals surface area contributed by atoms with Crippen LogP contribution in [0, 0.1) is 0 Å². The average Bonchev–Trinajstić information content (AvgIpc) is 2.90. The number of nitrogens with zero attached hydrogens (tertiary/aromatic N) is 1. The highest BCUT2D eigenvalue weighted by molar-refractivity contribution is 6.33. The number of aldehydes is 1. The molecule has 0 N–H and O–H groups in total. The van der Waals surface area contributed by atoms with Crippen LogP contribution in [0.2, 0.25) is 5.02 Å². The Morgan fingerprint density at radius 2 is 2.11 bits per heavy atom. The summed E-state index contributed by atoms with van der Waals surface area (Å²) in [7, 11) is 0. The minimum absolute atomic E-state index is 0.0107. The Morgan fingerprint density at radius 3 is 2.72 bits per heavy atom. The molecule has 0 aromatic heterocycles. The number of benzene rings is 1. The van der Waals surface area contributed by atoms with Gasteiger partial charge in [0.25, 0.3) is 5.91 Å². The van der Waals surface area contributed by atoms with E-state index >= 15 is 0 Å². The van der Waals surface area contributed by atoms with Crippen LogP contribution in [0.5, 0.6) is 5.75 Å². The van der Waals surface area contributed by atoms with Gasteiger partial charge in [0.1, 0.15) is 5.75 Å². The summed E-state index contributed by atoms with van der Waals surface area (Å²) in [6, 6.07) is 4.75. The molecule has 1 saturated heterocycles. The van der Waals surface area contributed by atoms with E-state index in [4.69, 9.17) is 16.3 Å².